The van der Waals surface area contributed by atoms with Crippen LogP contribution in [-0.2, 0) is 11.3 Å². The molecule has 130 valence electrons. The van der Waals surface area contributed by atoms with Crippen LogP contribution in [0.15, 0.2) is 18.3 Å². The van der Waals surface area contributed by atoms with Crippen molar-refractivity contribution in [3.8, 4) is 6.07 Å². The van der Waals surface area contributed by atoms with E-state index in [-0.39, 0.29) is 11.6 Å². The molecule has 1 saturated heterocycles. The minimum Gasteiger partial charge on any atom is -0.444 e. The SMILES string of the molecule is CC(C)(C)OC(=O)N[C@]1(C)CCCN(Cc2ccnc(C#N)c2)C1. The Morgan fingerprint density at radius 3 is 2.96 bits per heavy atom. The molecule has 0 saturated carbocycles. The van der Waals surface area contributed by atoms with Crippen molar-refractivity contribution in [2.24, 2.45) is 0 Å². The van der Waals surface area contributed by atoms with Crippen LogP contribution in [0.25, 0.3) is 0 Å². The van der Waals surface area contributed by atoms with Crippen LogP contribution in [0.1, 0.15) is 51.8 Å². The third kappa shape index (κ3) is 5.50. The molecule has 1 atom stereocenters. The van der Waals surface area contributed by atoms with E-state index in [4.69, 9.17) is 10.00 Å². The number of rotatable bonds is 3. The topological polar surface area (TPSA) is 78.2 Å². The van der Waals surface area contributed by atoms with Gasteiger partial charge in [-0.3, -0.25) is 4.90 Å². The predicted molar refractivity (Wildman–Crippen MR) is 91.2 cm³/mol. The monoisotopic (exact) mass is 330 g/mol. The molecule has 1 aliphatic rings. The first kappa shape index (κ1) is 18.2. The van der Waals surface area contributed by atoms with Gasteiger partial charge in [0.25, 0.3) is 0 Å². The third-order valence-electron chi connectivity index (χ3n) is 3.92. The average molecular weight is 330 g/mol. The van der Waals surface area contributed by atoms with Gasteiger partial charge in [-0.2, -0.15) is 5.26 Å². The second kappa shape index (κ2) is 7.18. The molecule has 0 aliphatic carbocycles. The zero-order valence-electron chi connectivity index (χ0n) is 14.9. The first-order valence-electron chi connectivity index (χ1n) is 8.28. The Balaban J connectivity index is 1.97. The summed E-state index contributed by atoms with van der Waals surface area (Å²) in [6, 6.07) is 5.80. The van der Waals surface area contributed by atoms with Crippen molar-refractivity contribution in [3.05, 3.63) is 29.6 Å². The molecule has 0 aromatic carbocycles. The Morgan fingerprint density at radius 1 is 1.54 bits per heavy atom. The highest BCUT2D eigenvalue weighted by molar-refractivity contribution is 5.68. The van der Waals surface area contributed by atoms with Crippen LogP contribution in [0, 0.1) is 11.3 Å². The second-order valence-corrected chi connectivity index (χ2v) is 7.66. The van der Waals surface area contributed by atoms with Gasteiger partial charge >= 0.3 is 6.09 Å². The maximum absolute atomic E-state index is 12.1. The maximum atomic E-state index is 12.1. The van der Waals surface area contributed by atoms with Gasteiger partial charge < -0.3 is 10.1 Å². The van der Waals surface area contributed by atoms with Gasteiger partial charge in [0.15, 0.2) is 0 Å². The van der Waals surface area contributed by atoms with Gasteiger partial charge in [0.1, 0.15) is 17.4 Å². The standard InChI is InChI=1S/C18H26N4O2/c1-17(2,3)24-16(23)21-18(4)7-5-9-22(13-18)12-14-6-8-20-15(10-14)11-19/h6,8,10H,5,7,9,12-13H2,1-4H3,(H,21,23)/t18-/m1/s1. The molecule has 0 radical (unpaired) electrons. The number of ether oxygens (including phenoxy) is 1. The molecule has 1 aliphatic heterocycles. The van der Waals surface area contributed by atoms with E-state index in [1.54, 1.807) is 6.20 Å². The Hall–Kier alpha value is -2.13. The second-order valence-electron chi connectivity index (χ2n) is 7.66. The Morgan fingerprint density at radius 2 is 2.29 bits per heavy atom. The van der Waals surface area contributed by atoms with E-state index in [1.807, 2.05) is 32.9 Å². The van der Waals surface area contributed by atoms with E-state index >= 15 is 0 Å². The van der Waals surface area contributed by atoms with Crippen molar-refractivity contribution in [2.75, 3.05) is 13.1 Å². The zero-order valence-corrected chi connectivity index (χ0v) is 14.9. The highest BCUT2D eigenvalue weighted by atomic mass is 16.6. The van der Waals surface area contributed by atoms with E-state index in [0.29, 0.717) is 5.69 Å². The number of nitrogens with one attached hydrogen (secondary N) is 1. The zero-order chi connectivity index (χ0) is 17.8. The van der Waals surface area contributed by atoms with Gasteiger partial charge in [0.05, 0.1) is 5.54 Å². The number of nitrogens with zero attached hydrogens (tertiary/aromatic N) is 3. The molecule has 0 unspecified atom stereocenters. The molecule has 0 spiro atoms. The number of piperidine rings is 1. The van der Waals surface area contributed by atoms with Gasteiger partial charge in [-0.15, -0.1) is 0 Å². The largest absolute Gasteiger partial charge is 0.444 e. The van der Waals surface area contributed by atoms with E-state index in [9.17, 15) is 4.79 Å². The van der Waals surface area contributed by atoms with E-state index in [2.05, 4.69) is 28.2 Å². The van der Waals surface area contributed by atoms with Gasteiger partial charge in [-0.05, 0) is 64.8 Å². The molecule has 1 fully saturated rings. The highest BCUT2D eigenvalue weighted by Crippen LogP contribution is 2.23. The Kier molecular flexibility index (Phi) is 5.45. The summed E-state index contributed by atoms with van der Waals surface area (Å²) in [5.74, 6) is 0. The summed E-state index contributed by atoms with van der Waals surface area (Å²) in [5, 5.41) is 12.0. The number of hydrogen-bond donors (Lipinski definition) is 1. The molecule has 1 amide bonds. The van der Waals surface area contributed by atoms with E-state index in [1.165, 1.54) is 0 Å². The van der Waals surface area contributed by atoms with Crippen molar-refractivity contribution < 1.29 is 9.53 Å². The lowest BCUT2D eigenvalue weighted by atomic mass is 9.91. The molecule has 6 heteroatoms. The van der Waals surface area contributed by atoms with Gasteiger partial charge in [0, 0.05) is 19.3 Å². The summed E-state index contributed by atoms with van der Waals surface area (Å²) in [6.45, 7) is 10.1. The summed E-state index contributed by atoms with van der Waals surface area (Å²) in [7, 11) is 0. The van der Waals surface area contributed by atoms with Crippen molar-refractivity contribution in [1.29, 1.82) is 5.26 Å². The first-order valence-corrected chi connectivity index (χ1v) is 8.28. The van der Waals surface area contributed by atoms with Crippen molar-refractivity contribution in [3.63, 3.8) is 0 Å². The molecule has 24 heavy (non-hydrogen) atoms. The molecule has 0 bridgehead atoms. The summed E-state index contributed by atoms with van der Waals surface area (Å²) in [5.41, 5.74) is 0.674. The van der Waals surface area contributed by atoms with Crippen molar-refractivity contribution in [1.82, 2.24) is 15.2 Å². The molecule has 6 nitrogen and oxygen atoms in total. The maximum Gasteiger partial charge on any atom is 0.408 e. The molecule has 2 rings (SSSR count). The number of carbonyl (C=O) groups is 1. The smallest absolute Gasteiger partial charge is 0.408 e. The fraction of sp³-hybridized carbons (Fsp3) is 0.611. The highest BCUT2D eigenvalue weighted by Gasteiger charge is 2.33. The van der Waals surface area contributed by atoms with Crippen LogP contribution in [-0.4, -0.2) is 40.2 Å². The lowest BCUT2D eigenvalue weighted by Crippen LogP contribution is -2.57. The lowest BCUT2D eigenvalue weighted by Gasteiger charge is -2.41. The van der Waals surface area contributed by atoms with Crippen molar-refractivity contribution >= 4 is 6.09 Å². The summed E-state index contributed by atoms with van der Waals surface area (Å²) in [4.78, 5) is 18.4. The molecule has 1 N–H and O–H groups in total. The fourth-order valence-corrected chi connectivity index (χ4v) is 3.02. The van der Waals surface area contributed by atoms with Crippen LogP contribution in [0.5, 0.6) is 0 Å². The summed E-state index contributed by atoms with van der Waals surface area (Å²) < 4.78 is 5.38. The fourth-order valence-electron chi connectivity index (χ4n) is 3.02. The molecular formula is C18H26N4O2. The minimum atomic E-state index is -0.500. The number of hydrogen-bond acceptors (Lipinski definition) is 5. The first-order chi connectivity index (χ1) is 11.2. The van der Waals surface area contributed by atoms with Crippen LogP contribution < -0.4 is 5.32 Å². The van der Waals surface area contributed by atoms with Gasteiger partial charge in [0.2, 0.25) is 0 Å². The number of pyridine rings is 1. The number of amides is 1. The number of alkyl carbamates (subject to hydrolysis) is 1. The van der Waals surface area contributed by atoms with Crippen LogP contribution >= 0.6 is 0 Å². The van der Waals surface area contributed by atoms with Crippen LogP contribution in [0.4, 0.5) is 4.79 Å². The Labute approximate surface area is 143 Å². The van der Waals surface area contributed by atoms with E-state index < -0.39 is 5.60 Å². The Bertz CT molecular complexity index is 633. The summed E-state index contributed by atoms with van der Waals surface area (Å²) in [6.07, 6.45) is 3.21. The van der Waals surface area contributed by atoms with Gasteiger partial charge in [-0.1, -0.05) is 0 Å². The minimum absolute atomic E-state index is 0.314. The third-order valence-corrected chi connectivity index (χ3v) is 3.92. The van der Waals surface area contributed by atoms with Crippen LogP contribution in [0.3, 0.4) is 0 Å². The number of nitriles is 1. The summed E-state index contributed by atoms with van der Waals surface area (Å²) >= 11 is 0. The predicted octanol–water partition coefficient (Wildman–Crippen LogP) is 2.83. The van der Waals surface area contributed by atoms with E-state index in [0.717, 1.165) is 38.0 Å². The molecule has 2 heterocycles. The number of carbonyl (C=O) groups excluding carboxylic acids is 1. The number of likely N-dealkylation sites (tertiary alicyclic amines) is 1. The quantitative estimate of drug-likeness (QED) is 0.922. The van der Waals surface area contributed by atoms with Gasteiger partial charge in [-0.25, -0.2) is 9.78 Å². The molecule has 1 aromatic rings. The van der Waals surface area contributed by atoms with Crippen molar-refractivity contribution in [2.45, 2.75) is 58.2 Å². The molecule has 1 aromatic heterocycles. The average Bonchev–Trinajstić information content (AvgIpc) is 2.44. The van der Waals surface area contributed by atoms with Crippen LogP contribution in [0.2, 0.25) is 0 Å². The molecular weight excluding hydrogens is 304 g/mol. The number of aromatic nitrogens is 1. The normalized spacial score (nSPS) is 21.8. The lowest BCUT2D eigenvalue weighted by molar-refractivity contribution is 0.0383.